The number of unbranched alkanes of at least 4 members (excludes halogenated alkanes) is 1. The Hall–Kier alpha value is -3.10. The van der Waals surface area contributed by atoms with E-state index in [2.05, 4.69) is 55.4 Å². The molecule has 0 aliphatic heterocycles. The molecule has 0 fully saturated rings. The summed E-state index contributed by atoms with van der Waals surface area (Å²) in [5.41, 5.74) is 2.74. The molecule has 0 aliphatic carbocycles. The number of amides is 2. The normalized spacial score (nSPS) is 12.1. The van der Waals surface area contributed by atoms with Gasteiger partial charge in [-0.2, -0.15) is 0 Å². The van der Waals surface area contributed by atoms with Crippen LogP contribution in [0.2, 0.25) is 0 Å². The summed E-state index contributed by atoms with van der Waals surface area (Å²) in [5.74, 6) is 0.439. The molecule has 0 aromatic heterocycles. The van der Waals surface area contributed by atoms with Gasteiger partial charge in [0, 0.05) is 36.7 Å². The van der Waals surface area contributed by atoms with Crippen LogP contribution in [0, 0.1) is 0 Å². The van der Waals surface area contributed by atoms with E-state index in [-0.39, 0.29) is 12.5 Å². The molecule has 0 spiro atoms. The van der Waals surface area contributed by atoms with Crippen molar-refractivity contribution in [3.63, 3.8) is 0 Å². The van der Waals surface area contributed by atoms with E-state index in [9.17, 15) is 14.7 Å². The third-order valence-corrected chi connectivity index (χ3v) is 6.19. The number of rotatable bonds is 14. The van der Waals surface area contributed by atoms with Gasteiger partial charge in [0.15, 0.2) is 0 Å². The average Bonchev–Trinajstić information content (AvgIpc) is 2.84. The standard InChI is InChI=1S/C28H41N3O5/c1-20(2)31(21(3)4)17-14-24(23-10-6-5-7-11-23)25-18-22(19-32)12-13-26(25)36-28(35)30-16-9-8-15-29-27(33)34/h5-7,10-13,18,20-21,24,29,32H,8-9,14-17,19H2,1-4H3,(H,30,35)(H,33,34). The van der Waals surface area contributed by atoms with Crippen molar-refractivity contribution in [1.29, 1.82) is 0 Å². The molecule has 2 amide bonds. The molecule has 2 aromatic rings. The quantitative estimate of drug-likeness (QED) is 0.274. The number of aliphatic hydroxyl groups excluding tert-OH is 1. The number of ether oxygens (including phenoxy) is 1. The van der Waals surface area contributed by atoms with Crippen LogP contribution in [0.25, 0.3) is 0 Å². The number of benzene rings is 2. The molecule has 0 saturated carbocycles. The summed E-state index contributed by atoms with van der Waals surface area (Å²) < 4.78 is 5.74. The lowest BCUT2D eigenvalue weighted by molar-refractivity contribution is 0.170. The van der Waals surface area contributed by atoms with Crippen molar-refractivity contribution in [2.45, 2.75) is 71.6 Å². The maximum Gasteiger partial charge on any atom is 0.412 e. The van der Waals surface area contributed by atoms with E-state index < -0.39 is 12.2 Å². The lowest BCUT2D eigenvalue weighted by Gasteiger charge is -2.32. The zero-order chi connectivity index (χ0) is 26.5. The van der Waals surface area contributed by atoms with Gasteiger partial charge in [0.1, 0.15) is 5.75 Å². The highest BCUT2D eigenvalue weighted by molar-refractivity contribution is 5.71. The molecule has 1 unspecified atom stereocenters. The van der Waals surface area contributed by atoms with E-state index in [4.69, 9.17) is 9.84 Å². The van der Waals surface area contributed by atoms with Crippen molar-refractivity contribution in [2.24, 2.45) is 0 Å². The summed E-state index contributed by atoms with van der Waals surface area (Å²) in [7, 11) is 0. The Balaban J connectivity index is 2.22. The number of nitrogens with zero attached hydrogens (tertiary/aromatic N) is 1. The summed E-state index contributed by atoms with van der Waals surface area (Å²) in [6.07, 6.45) is 0.444. The zero-order valence-corrected chi connectivity index (χ0v) is 21.9. The van der Waals surface area contributed by atoms with Crippen LogP contribution < -0.4 is 15.4 Å². The van der Waals surface area contributed by atoms with Crippen LogP contribution in [-0.2, 0) is 6.61 Å². The molecular formula is C28H41N3O5. The molecule has 4 N–H and O–H groups in total. The van der Waals surface area contributed by atoms with Crippen molar-refractivity contribution < 1.29 is 24.5 Å². The van der Waals surface area contributed by atoms with Crippen molar-refractivity contribution in [1.82, 2.24) is 15.5 Å². The first kappa shape index (κ1) is 29.1. The highest BCUT2D eigenvalue weighted by atomic mass is 16.6. The van der Waals surface area contributed by atoms with Crippen molar-refractivity contribution in [3.8, 4) is 5.75 Å². The fraction of sp³-hybridized carbons (Fsp3) is 0.500. The second kappa shape index (κ2) is 15.1. The Labute approximate surface area is 214 Å². The molecule has 0 heterocycles. The van der Waals surface area contributed by atoms with Crippen LogP contribution in [0.5, 0.6) is 5.75 Å². The van der Waals surface area contributed by atoms with E-state index >= 15 is 0 Å². The minimum atomic E-state index is -1.06. The first-order valence-electron chi connectivity index (χ1n) is 12.7. The van der Waals surface area contributed by atoms with Crippen LogP contribution in [-0.4, -0.2) is 59.0 Å². The molecule has 198 valence electrons. The first-order valence-corrected chi connectivity index (χ1v) is 12.7. The summed E-state index contributed by atoms with van der Waals surface area (Å²) in [5, 5.41) is 23.5. The average molecular weight is 500 g/mol. The Morgan fingerprint density at radius 3 is 2.17 bits per heavy atom. The summed E-state index contributed by atoms with van der Waals surface area (Å²) >= 11 is 0. The van der Waals surface area contributed by atoms with Gasteiger partial charge in [0.2, 0.25) is 0 Å². The Morgan fingerprint density at radius 1 is 0.944 bits per heavy atom. The van der Waals surface area contributed by atoms with Crippen LogP contribution in [0.1, 0.15) is 69.6 Å². The fourth-order valence-corrected chi connectivity index (χ4v) is 4.41. The second-order valence-electron chi connectivity index (χ2n) is 9.46. The summed E-state index contributed by atoms with van der Waals surface area (Å²) in [6.45, 7) is 10.3. The third-order valence-electron chi connectivity index (χ3n) is 6.19. The van der Waals surface area contributed by atoms with E-state index in [1.165, 1.54) is 0 Å². The van der Waals surface area contributed by atoms with Gasteiger partial charge in [-0.15, -0.1) is 0 Å². The smallest absolute Gasteiger partial charge is 0.412 e. The molecule has 2 rings (SSSR count). The van der Waals surface area contributed by atoms with Gasteiger partial charge < -0.3 is 25.6 Å². The molecule has 36 heavy (non-hydrogen) atoms. The summed E-state index contributed by atoms with van der Waals surface area (Å²) in [6, 6.07) is 16.4. The van der Waals surface area contributed by atoms with E-state index in [1.807, 2.05) is 24.3 Å². The highest BCUT2D eigenvalue weighted by Gasteiger charge is 2.23. The molecule has 0 aliphatic rings. The van der Waals surface area contributed by atoms with Gasteiger partial charge >= 0.3 is 12.2 Å². The van der Waals surface area contributed by atoms with E-state index in [0.29, 0.717) is 43.8 Å². The zero-order valence-electron chi connectivity index (χ0n) is 21.9. The number of hydrogen-bond acceptors (Lipinski definition) is 5. The molecular weight excluding hydrogens is 458 g/mol. The monoisotopic (exact) mass is 499 g/mol. The van der Waals surface area contributed by atoms with Crippen LogP contribution >= 0.6 is 0 Å². The van der Waals surface area contributed by atoms with Gasteiger partial charge in [-0.1, -0.05) is 36.4 Å². The number of aliphatic hydroxyl groups is 1. The fourth-order valence-electron chi connectivity index (χ4n) is 4.41. The number of carbonyl (C=O) groups is 2. The van der Waals surface area contributed by atoms with Crippen LogP contribution in [0.3, 0.4) is 0 Å². The molecule has 0 radical (unpaired) electrons. The van der Waals surface area contributed by atoms with Crippen molar-refractivity contribution >= 4 is 12.2 Å². The minimum Gasteiger partial charge on any atom is -0.465 e. The SMILES string of the molecule is CC(C)N(CCC(c1ccccc1)c1cc(CO)ccc1OC(=O)NCCCCNC(=O)O)C(C)C. The maximum absolute atomic E-state index is 12.6. The third kappa shape index (κ3) is 9.51. The number of carbonyl (C=O) groups excluding carboxylic acids is 1. The number of hydrogen-bond donors (Lipinski definition) is 4. The molecule has 2 aromatic carbocycles. The van der Waals surface area contributed by atoms with Crippen LogP contribution in [0.4, 0.5) is 9.59 Å². The van der Waals surface area contributed by atoms with Crippen LogP contribution in [0.15, 0.2) is 48.5 Å². The van der Waals surface area contributed by atoms with Gasteiger partial charge in [0.05, 0.1) is 6.61 Å². The Morgan fingerprint density at radius 2 is 1.58 bits per heavy atom. The second-order valence-corrected chi connectivity index (χ2v) is 9.46. The molecule has 0 saturated heterocycles. The number of nitrogens with one attached hydrogen (secondary N) is 2. The molecule has 0 bridgehead atoms. The first-order chi connectivity index (χ1) is 17.2. The van der Waals surface area contributed by atoms with Crippen molar-refractivity contribution in [3.05, 3.63) is 65.2 Å². The van der Waals surface area contributed by atoms with E-state index in [0.717, 1.165) is 29.7 Å². The predicted octanol–water partition coefficient (Wildman–Crippen LogP) is 4.96. The van der Waals surface area contributed by atoms with Gasteiger partial charge in [-0.25, -0.2) is 9.59 Å². The lowest BCUT2D eigenvalue weighted by atomic mass is 9.86. The molecule has 8 nitrogen and oxygen atoms in total. The van der Waals surface area contributed by atoms with Gasteiger partial charge in [0.25, 0.3) is 0 Å². The van der Waals surface area contributed by atoms with Gasteiger partial charge in [-0.05, 0) is 76.8 Å². The highest BCUT2D eigenvalue weighted by Crippen LogP contribution is 2.36. The Bertz CT molecular complexity index is 941. The summed E-state index contributed by atoms with van der Waals surface area (Å²) in [4.78, 5) is 25.5. The largest absolute Gasteiger partial charge is 0.465 e. The molecule has 8 heteroatoms. The molecule has 1 atom stereocenters. The number of carboxylic acid groups (broad SMARTS) is 1. The van der Waals surface area contributed by atoms with Gasteiger partial charge in [-0.3, -0.25) is 4.90 Å². The Kier molecular flexibility index (Phi) is 12.2. The maximum atomic E-state index is 12.6. The van der Waals surface area contributed by atoms with E-state index in [1.54, 1.807) is 12.1 Å². The topological polar surface area (TPSA) is 111 Å². The lowest BCUT2D eigenvalue weighted by Crippen LogP contribution is -2.38. The predicted molar refractivity (Wildman–Crippen MR) is 142 cm³/mol. The van der Waals surface area contributed by atoms with Crippen molar-refractivity contribution in [2.75, 3.05) is 19.6 Å². The minimum absolute atomic E-state index is 0.0254.